The topological polar surface area (TPSA) is 0 Å². The fraction of sp³-hybridized carbons (Fsp3) is 0.452. The van der Waals surface area contributed by atoms with E-state index >= 15 is 0 Å². The third-order valence-corrected chi connectivity index (χ3v) is 13.8. The van der Waals surface area contributed by atoms with Gasteiger partial charge < -0.3 is 24.8 Å². The zero-order valence-corrected chi connectivity index (χ0v) is 31.9. The number of benzene rings is 2. The van der Waals surface area contributed by atoms with Crippen LogP contribution in [0.3, 0.4) is 0 Å². The summed E-state index contributed by atoms with van der Waals surface area (Å²) in [5, 5.41) is 10.8. The van der Waals surface area contributed by atoms with Crippen LogP contribution in [0.5, 0.6) is 0 Å². The van der Waals surface area contributed by atoms with Gasteiger partial charge in [0.25, 0.3) is 0 Å². The average molecular weight is 665 g/mol. The Morgan fingerprint density at radius 3 is 1.43 bits per heavy atom. The van der Waals surface area contributed by atoms with Crippen LogP contribution in [0.25, 0.3) is 21.5 Å². The summed E-state index contributed by atoms with van der Waals surface area (Å²) in [5.41, 5.74) is 2.84. The fourth-order valence-electron chi connectivity index (χ4n) is 5.17. The molecule has 0 saturated heterocycles. The van der Waals surface area contributed by atoms with Crippen LogP contribution in [0.4, 0.5) is 0 Å². The number of hydrogen-bond donors (Lipinski definition) is 0. The van der Waals surface area contributed by atoms with E-state index in [2.05, 4.69) is 121 Å². The van der Waals surface area contributed by atoms with Crippen LogP contribution < -0.4 is 24.8 Å². The molecule has 3 aromatic carbocycles. The Labute approximate surface area is 262 Å². The summed E-state index contributed by atoms with van der Waals surface area (Å²) in [6.07, 6.45) is 7.15. The van der Waals surface area contributed by atoms with Gasteiger partial charge in [0.05, 0.1) is 8.07 Å². The maximum atomic E-state index is 3.78. The van der Waals surface area contributed by atoms with Crippen molar-refractivity contribution in [2.24, 2.45) is 0 Å². The van der Waals surface area contributed by atoms with E-state index in [1.165, 1.54) is 32.7 Å². The predicted molar refractivity (Wildman–Crippen MR) is 164 cm³/mol. The van der Waals surface area contributed by atoms with E-state index in [4.69, 9.17) is 0 Å². The maximum Gasteiger partial charge on any atom is 4.00 e. The van der Waals surface area contributed by atoms with Gasteiger partial charge in [0, 0.05) is 8.07 Å². The first-order valence-corrected chi connectivity index (χ1v) is 23.6. The summed E-state index contributed by atoms with van der Waals surface area (Å²) in [7, 11) is -3.60. The Bertz CT molecular complexity index is 1190. The molecule has 0 heterocycles. The standard InChI is InChI=1S/C17H17.C14H29Si3.2ClH.Zr/c1-3-12-5-7-16-14(9-12)11-15-10-13(4-2)6-8-17(15)16;1-15(2,3)12-10-11-13(16(4,5)6)14(12)17(7,8)9;;;/h5-11H,3-4H2,1-2H3;10H2,1-9H3;2*1H;/q2*-1;;;+4/p-2. The molecule has 1 aliphatic carbocycles. The summed E-state index contributed by atoms with van der Waals surface area (Å²) in [5.74, 6) is 0. The van der Waals surface area contributed by atoms with Crippen molar-refractivity contribution in [1.82, 2.24) is 0 Å². The molecule has 0 amide bonds. The second-order valence-corrected chi connectivity index (χ2v) is 28.1. The number of rotatable bonds is 5. The monoisotopic (exact) mass is 662 g/mol. The fourth-order valence-corrected chi connectivity index (χ4v) is 14.6. The molecule has 0 bridgehead atoms. The quantitative estimate of drug-likeness (QED) is 0.287. The number of hydrogen-bond acceptors (Lipinski definition) is 0. The molecule has 1 aliphatic rings. The third kappa shape index (κ3) is 8.69. The first-order valence-electron chi connectivity index (χ1n) is 13.1. The van der Waals surface area contributed by atoms with E-state index in [-0.39, 0.29) is 51.0 Å². The number of aryl methyl sites for hydroxylation is 2. The molecule has 37 heavy (non-hydrogen) atoms. The second kappa shape index (κ2) is 14.0. The van der Waals surface area contributed by atoms with Crippen LogP contribution in [0.2, 0.25) is 58.9 Å². The third-order valence-electron chi connectivity index (χ3n) is 7.05. The van der Waals surface area contributed by atoms with E-state index in [0.717, 1.165) is 19.3 Å². The van der Waals surface area contributed by atoms with Crippen molar-refractivity contribution in [2.45, 2.75) is 92.0 Å². The van der Waals surface area contributed by atoms with Crippen LogP contribution in [0, 0.1) is 6.08 Å². The minimum atomic E-state index is -1.22. The molecular formula is C31H46Cl2Si3Zr. The Balaban J connectivity index is 0.000000648. The van der Waals surface area contributed by atoms with Gasteiger partial charge in [0.2, 0.25) is 0 Å². The minimum absolute atomic E-state index is 0. The van der Waals surface area contributed by atoms with Gasteiger partial charge in [-0.2, -0.15) is 5.20 Å². The van der Waals surface area contributed by atoms with Gasteiger partial charge in [0.1, 0.15) is 0 Å². The first-order chi connectivity index (χ1) is 15.7. The van der Waals surface area contributed by atoms with Crippen LogP contribution in [-0.4, -0.2) is 24.2 Å². The SMILES string of the molecule is CCc1ccc2c(c1)[cH-]c1cc(CC)ccc12.C[Si](C)(C)C1=[C-]CC([Si](C)(C)C)=C1[Si](C)(C)C.[Cl-].[Cl-].[Zr+4]. The molecule has 0 aliphatic heterocycles. The van der Waals surface area contributed by atoms with Gasteiger partial charge in [-0.25, -0.2) is 10.4 Å². The summed E-state index contributed by atoms with van der Waals surface area (Å²) in [6.45, 7) is 26.9. The number of halogens is 2. The summed E-state index contributed by atoms with van der Waals surface area (Å²) >= 11 is 0. The Morgan fingerprint density at radius 2 is 1.11 bits per heavy atom. The zero-order chi connectivity index (χ0) is 25.5. The molecule has 0 N–H and O–H groups in total. The summed E-state index contributed by atoms with van der Waals surface area (Å²) in [6, 6.07) is 16.0. The Kier molecular flexibility index (Phi) is 14.0. The molecule has 6 heteroatoms. The molecule has 3 aromatic rings. The van der Waals surface area contributed by atoms with Crippen LogP contribution in [-0.2, 0) is 39.0 Å². The molecule has 4 rings (SSSR count). The molecule has 0 saturated carbocycles. The molecule has 200 valence electrons. The largest absolute Gasteiger partial charge is 4.00 e. The van der Waals surface area contributed by atoms with Gasteiger partial charge in [-0.15, -0.1) is 46.2 Å². The van der Waals surface area contributed by atoms with E-state index < -0.39 is 24.2 Å². The minimum Gasteiger partial charge on any atom is -1.00 e. The van der Waals surface area contributed by atoms with Crippen LogP contribution in [0.15, 0.2) is 58.1 Å². The van der Waals surface area contributed by atoms with Crippen LogP contribution in [0.1, 0.15) is 31.4 Å². The summed E-state index contributed by atoms with van der Waals surface area (Å²) < 4.78 is 0. The van der Waals surface area contributed by atoms with Crippen molar-refractivity contribution in [3.8, 4) is 0 Å². The molecule has 0 nitrogen and oxygen atoms in total. The van der Waals surface area contributed by atoms with Crippen molar-refractivity contribution >= 4 is 45.8 Å². The van der Waals surface area contributed by atoms with Crippen molar-refractivity contribution in [3.05, 3.63) is 75.3 Å². The molecule has 0 aromatic heterocycles. The Morgan fingerprint density at radius 1 is 0.676 bits per heavy atom. The van der Waals surface area contributed by atoms with E-state index in [1.807, 2.05) is 10.4 Å². The molecule has 0 unspecified atom stereocenters. The van der Waals surface area contributed by atoms with Gasteiger partial charge in [-0.3, -0.25) is 6.08 Å². The molecule has 0 radical (unpaired) electrons. The number of allylic oxidation sites excluding steroid dienone is 4. The molecule has 0 spiro atoms. The predicted octanol–water partition coefficient (Wildman–Crippen LogP) is 3.89. The first kappa shape index (κ1) is 36.9. The van der Waals surface area contributed by atoms with E-state index in [9.17, 15) is 0 Å². The smallest absolute Gasteiger partial charge is 1.00 e. The summed E-state index contributed by atoms with van der Waals surface area (Å²) in [4.78, 5) is 0. The van der Waals surface area contributed by atoms with E-state index in [1.54, 1.807) is 5.20 Å². The van der Waals surface area contributed by atoms with Crippen molar-refractivity contribution < 1.29 is 51.0 Å². The van der Waals surface area contributed by atoms with Crippen molar-refractivity contribution in [1.29, 1.82) is 0 Å². The van der Waals surface area contributed by atoms with Gasteiger partial charge >= 0.3 is 26.2 Å². The second-order valence-electron chi connectivity index (χ2n) is 13.0. The number of fused-ring (bicyclic) bond motifs is 3. The molecular weight excluding hydrogens is 619 g/mol. The average Bonchev–Trinajstić information content (AvgIpc) is 3.34. The van der Waals surface area contributed by atoms with Crippen molar-refractivity contribution in [3.63, 3.8) is 0 Å². The maximum absolute atomic E-state index is 3.78. The molecule has 0 fully saturated rings. The van der Waals surface area contributed by atoms with Gasteiger partial charge in [-0.05, 0) is 20.9 Å². The normalized spacial score (nSPS) is 13.9. The van der Waals surface area contributed by atoms with Crippen LogP contribution >= 0.6 is 0 Å². The van der Waals surface area contributed by atoms with Crippen molar-refractivity contribution in [2.75, 3.05) is 0 Å². The van der Waals surface area contributed by atoms with Gasteiger partial charge in [-0.1, -0.05) is 108 Å². The van der Waals surface area contributed by atoms with E-state index in [0.29, 0.717) is 0 Å². The zero-order valence-electron chi connectivity index (χ0n) is 24.9. The van der Waals surface area contributed by atoms with Gasteiger partial charge in [0.15, 0.2) is 0 Å². The Hall–Kier alpha value is -0.0962. The molecule has 0 atom stereocenters.